The van der Waals surface area contributed by atoms with Crippen molar-refractivity contribution in [2.24, 2.45) is 0 Å². The average molecular weight is 171 g/mol. The maximum atomic E-state index is 11.2. The molecule has 1 heterocycles. The number of hydrogen-bond acceptors (Lipinski definition) is 2. The number of hydrogen-bond donors (Lipinski definition) is 0. The second-order valence-corrected chi connectivity index (χ2v) is 4.26. The molecule has 1 rings (SSSR count). The van der Waals surface area contributed by atoms with Crippen molar-refractivity contribution in [3.63, 3.8) is 0 Å². The van der Waals surface area contributed by atoms with Gasteiger partial charge in [0.2, 0.25) is 5.91 Å². The van der Waals surface area contributed by atoms with E-state index in [1.807, 2.05) is 25.7 Å². The first kappa shape index (κ1) is 9.52. The molecule has 1 atom stereocenters. The molecule has 1 amide bonds. The Kier molecular flexibility index (Phi) is 2.42. The fourth-order valence-corrected chi connectivity index (χ4v) is 1.25. The van der Waals surface area contributed by atoms with Crippen LogP contribution in [0.5, 0.6) is 0 Å². The Morgan fingerprint density at radius 3 is 2.33 bits per heavy atom. The zero-order valence-corrected chi connectivity index (χ0v) is 8.26. The number of carbonyl (C=O) groups is 1. The Morgan fingerprint density at radius 1 is 1.58 bits per heavy atom. The molecule has 1 aliphatic heterocycles. The molecule has 1 saturated heterocycles. The standard InChI is InChI=1S/C9H17NO2/c1-7(11)10(9(2,3)4)5-8-6-12-8/h8H,5-6H2,1-4H3/t8-/m1/s1. The summed E-state index contributed by atoms with van der Waals surface area (Å²) < 4.78 is 5.09. The van der Waals surface area contributed by atoms with Crippen LogP contribution in [0.1, 0.15) is 27.7 Å². The topological polar surface area (TPSA) is 32.8 Å². The number of epoxide rings is 1. The van der Waals surface area contributed by atoms with Crippen LogP contribution in [0.2, 0.25) is 0 Å². The van der Waals surface area contributed by atoms with E-state index in [0.717, 1.165) is 13.2 Å². The minimum atomic E-state index is -0.0855. The van der Waals surface area contributed by atoms with E-state index >= 15 is 0 Å². The molecule has 1 aliphatic rings. The SMILES string of the molecule is CC(=O)N(C[C@@H]1CO1)C(C)(C)C. The first-order chi connectivity index (χ1) is 5.41. The van der Waals surface area contributed by atoms with Crippen LogP contribution in [0.4, 0.5) is 0 Å². The van der Waals surface area contributed by atoms with Gasteiger partial charge in [-0.15, -0.1) is 0 Å². The molecular formula is C9H17NO2. The molecule has 0 unspecified atom stereocenters. The molecule has 1 fully saturated rings. The van der Waals surface area contributed by atoms with Gasteiger partial charge in [0, 0.05) is 19.0 Å². The smallest absolute Gasteiger partial charge is 0.219 e. The van der Waals surface area contributed by atoms with Crippen LogP contribution in [-0.4, -0.2) is 35.6 Å². The number of ether oxygens (including phenoxy) is 1. The summed E-state index contributed by atoms with van der Waals surface area (Å²) >= 11 is 0. The Balaban J connectivity index is 2.53. The largest absolute Gasteiger partial charge is 0.371 e. The van der Waals surface area contributed by atoms with E-state index in [-0.39, 0.29) is 17.6 Å². The zero-order chi connectivity index (χ0) is 9.35. The number of nitrogens with zero attached hydrogens (tertiary/aromatic N) is 1. The van der Waals surface area contributed by atoms with E-state index < -0.39 is 0 Å². The monoisotopic (exact) mass is 171 g/mol. The van der Waals surface area contributed by atoms with Gasteiger partial charge >= 0.3 is 0 Å². The van der Waals surface area contributed by atoms with Gasteiger partial charge < -0.3 is 9.64 Å². The summed E-state index contributed by atoms with van der Waals surface area (Å²) in [5, 5.41) is 0. The van der Waals surface area contributed by atoms with Crippen molar-refractivity contribution in [3.05, 3.63) is 0 Å². The van der Waals surface area contributed by atoms with E-state index in [9.17, 15) is 4.79 Å². The number of amides is 1. The summed E-state index contributed by atoms with van der Waals surface area (Å²) in [5.41, 5.74) is -0.0855. The van der Waals surface area contributed by atoms with Crippen molar-refractivity contribution in [3.8, 4) is 0 Å². The summed E-state index contributed by atoms with van der Waals surface area (Å²) in [4.78, 5) is 13.1. The van der Waals surface area contributed by atoms with Crippen LogP contribution in [-0.2, 0) is 9.53 Å². The van der Waals surface area contributed by atoms with Crippen LogP contribution in [0.3, 0.4) is 0 Å². The quantitative estimate of drug-likeness (QED) is 0.581. The summed E-state index contributed by atoms with van der Waals surface area (Å²) in [5.74, 6) is 0.123. The highest BCUT2D eigenvalue weighted by Crippen LogP contribution is 2.18. The fourth-order valence-electron chi connectivity index (χ4n) is 1.25. The van der Waals surface area contributed by atoms with Crippen LogP contribution < -0.4 is 0 Å². The van der Waals surface area contributed by atoms with Crippen LogP contribution in [0.25, 0.3) is 0 Å². The zero-order valence-electron chi connectivity index (χ0n) is 8.26. The lowest BCUT2D eigenvalue weighted by Crippen LogP contribution is -2.46. The van der Waals surface area contributed by atoms with E-state index in [2.05, 4.69) is 0 Å². The summed E-state index contributed by atoms with van der Waals surface area (Å²) in [6, 6.07) is 0. The predicted molar refractivity (Wildman–Crippen MR) is 46.9 cm³/mol. The average Bonchev–Trinajstić information content (AvgIpc) is 2.61. The Labute approximate surface area is 73.7 Å². The second-order valence-electron chi connectivity index (χ2n) is 4.26. The summed E-state index contributed by atoms with van der Waals surface area (Å²) in [6.07, 6.45) is 0.285. The van der Waals surface area contributed by atoms with Gasteiger partial charge in [-0.3, -0.25) is 4.79 Å². The van der Waals surface area contributed by atoms with Gasteiger partial charge in [-0.2, -0.15) is 0 Å². The lowest BCUT2D eigenvalue weighted by molar-refractivity contribution is -0.133. The minimum absolute atomic E-state index is 0.0855. The molecule has 0 N–H and O–H groups in total. The maximum absolute atomic E-state index is 11.2. The third-order valence-corrected chi connectivity index (χ3v) is 1.98. The fraction of sp³-hybridized carbons (Fsp3) is 0.889. The minimum Gasteiger partial charge on any atom is -0.371 e. The highest BCUT2D eigenvalue weighted by Gasteiger charge is 2.32. The highest BCUT2D eigenvalue weighted by molar-refractivity contribution is 5.74. The van der Waals surface area contributed by atoms with Crippen LogP contribution >= 0.6 is 0 Å². The predicted octanol–water partition coefficient (Wildman–Crippen LogP) is 1.03. The molecular weight excluding hydrogens is 154 g/mol. The molecule has 0 saturated carbocycles. The summed E-state index contributed by atoms with van der Waals surface area (Å²) in [7, 11) is 0. The van der Waals surface area contributed by atoms with Gasteiger partial charge in [0.1, 0.15) is 0 Å². The third kappa shape index (κ3) is 2.48. The third-order valence-electron chi connectivity index (χ3n) is 1.98. The van der Waals surface area contributed by atoms with Crippen molar-refractivity contribution in [2.45, 2.75) is 39.3 Å². The van der Waals surface area contributed by atoms with Gasteiger partial charge in [0.05, 0.1) is 12.7 Å². The molecule has 12 heavy (non-hydrogen) atoms. The van der Waals surface area contributed by atoms with Gasteiger partial charge in [-0.25, -0.2) is 0 Å². The van der Waals surface area contributed by atoms with Crippen LogP contribution in [0.15, 0.2) is 0 Å². The van der Waals surface area contributed by atoms with Crippen molar-refractivity contribution in [1.82, 2.24) is 4.90 Å². The van der Waals surface area contributed by atoms with Crippen LogP contribution in [0, 0.1) is 0 Å². The second kappa shape index (κ2) is 3.05. The lowest BCUT2D eigenvalue weighted by Gasteiger charge is -2.34. The van der Waals surface area contributed by atoms with E-state index in [0.29, 0.717) is 0 Å². The Bertz CT molecular complexity index is 179. The molecule has 3 nitrogen and oxygen atoms in total. The molecule has 0 spiro atoms. The maximum Gasteiger partial charge on any atom is 0.219 e. The molecule has 0 aromatic heterocycles. The first-order valence-corrected chi connectivity index (χ1v) is 4.31. The molecule has 3 heteroatoms. The van der Waals surface area contributed by atoms with Gasteiger partial charge in [-0.1, -0.05) is 0 Å². The highest BCUT2D eigenvalue weighted by atomic mass is 16.6. The van der Waals surface area contributed by atoms with Gasteiger partial charge in [0.25, 0.3) is 0 Å². The number of rotatable bonds is 2. The lowest BCUT2D eigenvalue weighted by atomic mass is 10.1. The van der Waals surface area contributed by atoms with E-state index in [1.54, 1.807) is 6.92 Å². The van der Waals surface area contributed by atoms with Crippen molar-refractivity contribution in [1.29, 1.82) is 0 Å². The normalized spacial score (nSPS) is 22.2. The van der Waals surface area contributed by atoms with E-state index in [4.69, 9.17) is 4.74 Å². The molecule has 0 aliphatic carbocycles. The van der Waals surface area contributed by atoms with Gasteiger partial charge in [0.15, 0.2) is 0 Å². The first-order valence-electron chi connectivity index (χ1n) is 4.31. The van der Waals surface area contributed by atoms with E-state index in [1.165, 1.54) is 0 Å². The molecule has 0 aromatic rings. The van der Waals surface area contributed by atoms with Crippen molar-refractivity contribution in [2.75, 3.05) is 13.2 Å². The van der Waals surface area contributed by atoms with Crippen molar-refractivity contribution < 1.29 is 9.53 Å². The molecule has 0 radical (unpaired) electrons. The van der Waals surface area contributed by atoms with Crippen molar-refractivity contribution >= 4 is 5.91 Å². The Hall–Kier alpha value is -0.570. The molecule has 70 valence electrons. The number of carbonyl (C=O) groups excluding carboxylic acids is 1. The Morgan fingerprint density at radius 2 is 2.08 bits per heavy atom. The summed E-state index contributed by atoms with van der Waals surface area (Å²) in [6.45, 7) is 9.26. The molecule has 0 aromatic carbocycles. The van der Waals surface area contributed by atoms with Gasteiger partial charge in [-0.05, 0) is 20.8 Å². The molecule has 0 bridgehead atoms.